The molecule has 0 aromatic heterocycles. The van der Waals surface area contributed by atoms with Crippen LogP contribution in [0, 0.1) is 12.2 Å². The summed E-state index contributed by atoms with van der Waals surface area (Å²) in [7, 11) is 0. The minimum absolute atomic E-state index is 0. The quantitative estimate of drug-likeness (QED) is 0.364. The molecule has 176 valence electrons. The Morgan fingerprint density at radius 1 is 0.882 bits per heavy atom. The Kier molecular flexibility index (Phi) is 9.54. The first-order valence-electron chi connectivity index (χ1n) is 11.5. The van der Waals surface area contributed by atoms with Crippen LogP contribution in [0.15, 0.2) is 48.6 Å². The van der Waals surface area contributed by atoms with E-state index in [2.05, 4.69) is 102 Å². The summed E-state index contributed by atoms with van der Waals surface area (Å²) in [6.07, 6.45) is 21.4. The first kappa shape index (κ1) is 29.0. The molecule has 0 nitrogen and oxygen atoms in total. The van der Waals surface area contributed by atoms with E-state index in [4.69, 9.17) is 0 Å². The summed E-state index contributed by atoms with van der Waals surface area (Å²) < 4.78 is 1.51. The Morgan fingerprint density at radius 2 is 1.47 bits per heavy atom. The monoisotopic (exact) mass is 564 g/mol. The van der Waals surface area contributed by atoms with E-state index in [1.165, 1.54) is 47.7 Å². The van der Waals surface area contributed by atoms with Crippen molar-refractivity contribution in [3.8, 4) is 11.1 Å². The second kappa shape index (κ2) is 11.2. The van der Waals surface area contributed by atoms with Crippen LogP contribution in [0.4, 0.5) is 0 Å². The largest absolute Gasteiger partial charge is 1.00 e. The van der Waals surface area contributed by atoms with Crippen LogP contribution in [0.5, 0.6) is 0 Å². The second-order valence-corrected chi connectivity index (χ2v) is 12.8. The van der Waals surface area contributed by atoms with Crippen molar-refractivity contribution in [3.05, 3.63) is 94.1 Å². The van der Waals surface area contributed by atoms with Gasteiger partial charge in [-0.25, -0.2) is 18.2 Å². The Morgan fingerprint density at radius 3 is 2.00 bits per heavy atom. The molecule has 0 saturated carbocycles. The standard InChI is InChI=1S/C23H21.C5H5.C3H6.2ClH.Zr/c1-22(2)7-5-14-10-18-16(12-20(14)22)9-17-13-21-15(11-19(17)18)6-8-23(21,3)4;1-2-4-5-3-1;1-3-2;;;/h5-7,10-13H,9H2,1-4H3;1-3H,4H2;1-2H3;2*1H;/q2*-1;;;;+2/p-2. The summed E-state index contributed by atoms with van der Waals surface area (Å²) in [5.41, 5.74) is 11.7. The third kappa shape index (κ3) is 5.92. The van der Waals surface area contributed by atoms with Crippen LogP contribution in [0.3, 0.4) is 0 Å². The summed E-state index contributed by atoms with van der Waals surface area (Å²) in [6.45, 7) is 13.4. The topological polar surface area (TPSA) is 0 Å². The summed E-state index contributed by atoms with van der Waals surface area (Å²) in [5, 5.41) is 0. The van der Waals surface area contributed by atoms with Crippen molar-refractivity contribution in [1.29, 1.82) is 0 Å². The summed E-state index contributed by atoms with van der Waals surface area (Å²) >= 11 is 1.55. The van der Waals surface area contributed by atoms with Crippen LogP contribution in [-0.2, 0) is 41.5 Å². The van der Waals surface area contributed by atoms with Crippen molar-refractivity contribution in [2.45, 2.75) is 65.2 Å². The van der Waals surface area contributed by atoms with Crippen LogP contribution in [-0.4, -0.2) is 3.21 Å². The van der Waals surface area contributed by atoms with Crippen molar-refractivity contribution in [2.24, 2.45) is 0 Å². The molecule has 0 heterocycles. The van der Waals surface area contributed by atoms with E-state index in [1.54, 1.807) is 24.2 Å². The zero-order chi connectivity index (χ0) is 23.1. The number of hydrogen-bond acceptors (Lipinski definition) is 0. The Labute approximate surface area is 233 Å². The van der Waals surface area contributed by atoms with Crippen molar-refractivity contribution >= 4 is 15.4 Å². The minimum Gasteiger partial charge on any atom is -1.00 e. The van der Waals surface area contributed by atoms with Gasteiger partial charge in [0.05, 0.1) is 0 Å². The predicted molar refractivity (Wildman–Crippen MR) is 135 cm³/mol. The second-order valence-electron chi connectivity index (χ2n) is 10.3. The molecule has 0 unspecified atom stereocenters. The van der Waals surface area contributed by atoms with Crippen LogP contribution in [0.1, 0.15) is 81.3 Å². The predicted octanol–water partition coefficient (Wildman–Crippen LogP) is 1.73. The average molecular weight is 567 g/mol. The van der Waals surface area contributed by atoms with Crippen molar-refractivity contribution in [1.82, 2.24) is 0 Å². The minimum atomic E-state index is 0. The van der Waals surface area contributed by atoms with E-state index in [1.807, 2.05) is 12.2 Å². The number of rotatable bonds is 0. The third-order valence-electron chi connectivity index (χ3n) is 6.44. The Hall–Kier alpha value is -1.27. The molecule has 0 N–H and O–H groups in total. The van der Waals surface area contributed by atoms with Gasteiger partial charge in [-0.2, -0.15) is 11.6 Å². The molecule has 0 fully saturated rings. The van der Waals surface area contributed by atoms with Gasteiger partial charge < -0.3 is 24.8 Å². The summed E-state index contributed by atoms with van der Waals surface area (Å²) in [4.78, 5) is 0. The zero-order valence-corrected chi connectivity index (χ0v) is 24.9. The maximum atomic E-state index is 3.50. The third-order valence-corrected chi connectivity index (χ3v) is 6.44. The van der Waals surface area contributed by atoms with Gasteiger partial charge in [0.2, 0.25) is 0 Å². The van der Waals surface area contributed by atoms with E-state index in [0.717, 1.165) is 12.8 Å². The van der Waals surface area contributed by atoms with Gasteiger partial charge in [-0.1, -0.05) is 57.4 Å². The van der Waals surface area contributed by atoms with Gasteiger partial charge in [0.15, 0.2) is 0 Å². The molecule has 0 amide bonds. The SMILES string of the molecule is CC1(C)[C-]=Cc2cc3c(cc21)Cc1cc2c(cc1-3)C=CC2(C)C.C[C](C)=[Zr+2].[C-]1=CC=CC1.[Cl-].[Cl-]. The maximum Gasteiger partial charge on any atom is -0.109 e. The van der Waals surface area contributed by atoms with Crippen LogP contribution >= 0.6 is 0 Å². The average Bonchev–Trinajstić information content (AvgIpc) is 3.48. The van der Waals surface area contributed by atoms with Crippen LogP contribution in [0.2, 0.25) is 0 Å². The fourth-order valence-electron chi connectivity index (χ4n) is 4.74. The Bertz CT molecular complexity index is 1110. The molecule has 0 aliphatic heterocycles. The molecule has 2 aromatic rings. The first-order chi connectivity index (χ1) is 15.1. The molecule has 0 bridgehead atoms. The summed E-state index contributed by atoms with van der Waals surface area (Å²) in [5.74, 6) is 0. The van der Waals surface area contributed by atoms with E-state index in [-0.39, 0.29) is 35.6 Å². The summed E-state index contributed by atoms with van der Waals surface area (Å²) in [6, 6.07) is 9.66. The van der Waals surface area contributed by atoms with Crippen LogP contribution < -0.4 is 24.8 Å². The molecular weight excluding hydrogens is 534 g/mol. The van der Waals surface area contributed by atoms with Gasteiger partial charge in [0.1, 0.15) is 0 Å². The number of allylic oxidation sites excluding steroid dienone is 6. The van der Waals surface area contributed by atoms with E-state index in [0.29, 0.717) is 0 Å². The van der Waals surface area contributed by atoms with Gasteiger partial charge in [-0.05, 0) is 45.9 Å². The fourth-order valence-corrected chi connectivity index (χ4v) is 4.74. The smallest absolute Gasteiger partial charge is 0.109 e. The number of benzene rings is 2. The van der Waals surface area contributed by atoms with Crippen molar-refractivity contribution in [2.75, 3.05) is 0 Å². The molecule has 0 atom stereocenters. The number of halogens is 2. The first-order valence-corrected chi connectivity index (χ1v) is 12.7. The zero-order valence-electron chi connectivity index (χ0n) is 20.9. The molecule has 0 radical (unpaired) electrons. The van der Waals surface area contributed by atoms with E-state index >= 15 is 0 Å². The Balaban J connectivity index is 0.000000318. The molecule has 3 heteroatoms. The van der Waals surface area contributed by atoms with Crippen molar-refractivity contribution in [3.63, 3.8) is 0 Å². The molecule has 0 spiro atoms. The van der Waals surface area contributed by atoms with Crippen molar-refractivity contribution < 1.29 is 49.0 Å². The molecule has 4 aliphatic rings. The van der Waals surface area contributed by atoms with Gasteiger partial charge in [0, 0.05) is 5.41 Å². The molecule has 2 aromatic carbocycles. The number of fused-ring (bicyclic) bond motifs is 5. The molecule has 0 saturated heterocycles. The van der Waals surface area contributed by atoms with Gasteiger partial charge in [0.25, 0.3) is 0 Å². The van der Waals surface area contributed by atoms with E-state index in [9.17, 15) is 0 Å². The van der Waals surface area contributed by atoms with Crippen LogP contribution in [0.25, 0.3) is 23.3 Å². The molecule has 6 rings (SSSR count). The molecule has 34 heavy (non-hydrogen) atoms. The fraction of sp³-hybridized carbons (Fsp3) is 0.323. The molecule has 4 aliphatic carbocycles. The van der Waals surface area contributed by atoms with Gasteiger partial charge >= 0.3 is 41.3 Å². The normalized spacial score (nSPS) is 17.2. The van der Waals surface area contributed by atoms with Gasteiger partial charge in [-0.15, -0.1) is 18.1 Å². The van der Waals surface area contributed by atoms with E-state index < -0.39 is 0 Å². The van der Waals surface area contributed by atoms with Gasteiger partial charge in [-0.3, -0.25) is 12.2 Å². The number of hydrogen-bond donors (Lipinski definition) is 0. The maximum absolute atomic E-state index is 3.50. The molecular formula is C31H32Cl2Zr-2.